The fraction of sp³-hybridized carbons (Fsp3) is 0. The minimum Gasteiger partial charge on any atom is -0.265 e. The molecule has 13 heavy (non-hydrogen) atoms. The number of nitrogens with zero attached hydrogens (tertiary/aromatic N) is 1. The van der Waals surface area contributed by atoms with Crippen LogP contribution in [0.15, 0.2) is 36.0 Å². The predicted molar refractivity (Wildman–Crippen MR) is 55.5 cm³/mol. The first-order chi connectivity index (χ1) is 6.40. The van der Waals surface area contributed by atoms with Crippen LogP contribution in [0.25, 0.3) is 11.1 Å². The van der Waals surface area contributed by atoms with Gasteiger partial charge in [-0.2, -0.15) is 0 Å². The van der Waals surface area contributed by atoms with Crippen LogP contribution >= 0.6 is 11.3 Å². The number of aromatic nitrogens is 1. The van der Waals surface area contributed by atoms with Gasteiger partial charge in [-0.3, -0.25) is 4.98 Å². The Kier molecular flexibility index (Phi) is 2.11. The fourth-order valence-corrected chi connectivity index (χ4v) is 1.83. The lowest BCUT2D eigenvalue weighted by molar-refractivity contribution is 1.33. The largest absolute Gasteiger partial charge is 0.265 e. The van der Waals surface area contributed by atoms with E-state index in [-0.39, 0.29) is 0 Å². The van der Waals surface area contributed by atoms with E-state index in [1.165, 1.54) is 5.56 Å². The molecule has 0 fully saturated rings. The highest BCUT2D eigenvalue weighted by molar-refractivity contribution is 7.11. The highest BCUT2D eigenvalue weighted by Crippen LogP contribution is 2.24. The summed E-state index contributed by atoms with van der Waals surface area (Å²) in [5.41, 5.74) is 2.33. The molecule has 0 bridgehead atoms. The van der Waals surface area contributed by atoms with E-state index in [1.807, 2.05) is 18.2 Å². The number of hydrogen-bond donors (Lipinski definition) is 0. The summed E-state index contributed by atoms with van der Waals surface area (Å²) >= 11 is 1.59. The first-order valence-corrected chi connectivity index (χ1v) is 4.73. The summed E-state index contributed by atoms with van der Waals surface area (Å²) in [4.78, 5) is 4.93. The SMILES string of the molecule is C#Cc1cc(-c2ccncc2)cs1. The third-order valence-electron chi connectivity index (χ3n) is 1.76. The number of thiophene rings is 1. The monoisotopic (exact) mass is 185 g/mol. The summed E-state index contributed by atoms with van der Waals surface area (Å²) in [6, 6.07) is 5.96. The van der Waals surface area contributed by atoms with E-state index < -0.39 is 0 Å². The molecule has 0 N–H and O–H groups in total. The quantitative estimate of drug-likeness (QED) is 0.622. The molecule has 0 radical (unpaired) electrons. The minimum absolute atomic E-state index is 0.965. The molecule has 0 aliphatic heterocycles. The average Bonchev–Trinajstić information content (AvgIpc) is 2.67. The van der Waals surface area contributed by atoms with Gasteiger partial charge in [0.15, 0.2) is 0 Å². The summed E-state index contributed by atoms with van der Waals surface area (Å²) in [7, 11) is 0. The molecule has 2 heteroatoms. The van der Waals surface area contributed by atoms with E-state index >= 15 is 0 Å². The van der Waals surface area contributed by atoms with Crippen LogP contribution < -0.4 is 0 Å². The lowest BCUT2D eigenvalue weighted by Crippen LogP contribution is -1.73. The first kappa shape index (κ1) is 8.03. The van der Waals surface area contributed by atoms with Crippen LogP contribution in [0.2, 0.25) is 0 Å². The minimum atomic E-state index is 0.965. The van der Waals surface area contributed by atoms with Crippen LogP contribution in [0.1, 0.15) is 4.88 Å². The summed E-state index contributed by atoms with van der Waals surface area (Å²) in [6.07, 6.45) is 8.85. The molecule has 1 nitrogen and oxygen atoms in total. The summed E-state index contributed by atoms with van der Waals surface area (Å²) < 4.78 is 0. The summed E-state index contributed by atoms with van der Waals surface area (Å²) in [5.74, 6) is 2.62. The van der Waals surface area contributed by atoms with Crippen molar-refractivity contribution in [3.8, 4) is 23.5 Å². The first-order valence-electron chi connectivity index (χ1n) is 3.85. The van der Waals surface area contributed by atoms with E-state index in [9.17, 15) is 0 Å². The second-order valence-electron chi connectivity index (χ2n) is 2.58. The molecule has 62 valence electrons. The smallest absolute Gasteiger partial charge is 0.0772 e. The number of hydrogen-bond acceptors (Lipinski definition) is 2. The Morgan fingerprint density at radius 3 is 2.62 bits per heavy atom. The molecule has 0 aromatic carbocycles. The molecule has 0 saturated heterocycles. The van der Waals surface area contributed by atoms with Crippen molar-refractivity contribution in [3.05, 3.63) is 40.8 Å². The van der Waals surface area contributed by atoms with E-state index in [2.05, 4.69) is 16.3 Å². The molecule has 0 amide bonds. The van der Waals surface area contributed by atoms with Crippen molar-refractivity contribution in [2.75, 3.05) is 0 Å². The van der Waals surface area contributed by atoms with Gasteiger partial charge < -0.3 is 0 Å². The predicted octanol–water partition coefficient (Wildman–Crippen LogP) is 2.79. The zero-order valence-corrected chi connectivity index (χ0v) is 7.71. The van der Waals surface area contributed by atoms with E-state index in [1.54, 1.807) is 23.7 Å². The third-order valence-corrected chi connectivity index (χ3v) is 2.62. The van der Waals surface area contributed by atoms with Gasteiger partial charge in [-0.1, -0.05) is 5.92 Å². The molecule has 2 aromatic rings. The Bertz CT molecular complexity index is 437. The van der Waals surface area contributed by atoms with Crippen molar-refractivity contribution in [3.63, 3.8) is 0 Å². The van der Waals surface area contributed by atoms with E-state index in [0.717, 1.165) is 10.4 Å². The molecule has 0 atom stereocenters. The third kappa shape index (κ3) is 1.61. The van der Waals surface area contributed by atoms with Crippen molar-refractivity contribution in [1.82, 2.24) is 4.98 Å². The summed E-state index contributed by atoms with van der Waals surface area (Å²) in [5, 5.41) is 2.06. The van der Waals surface area contributed by atoms with Gasteiger partial charge in [-0.25, -0.2) is 0 Å². The fourth-order valence-electron chi connectivity index (χ4n) is 1.11. The zero-order valence-electron chi connectivity index (χ0n) is 6.90. The second-order valence-corrected chi connectivity index (χ2v) is 3.49. The van der Waals surface area contributed by atoms with E-state index in [0.29, 0.717) is 0 Å². The Morgan fingerprint density at radius 1 is 1.23 bits per heavy atom. The van der Waals surface area contributed by atoms with Crippen LogP contribution in [0.5, 0.6) is 0 Å². The molecule has 0 aliphatic carbocycles. The van der Waals surface area contributed by atoms with Crippen molar-refractivity contribution in [1.29, 1.82) is 0 Å². The number of pyridine rings is 1. The van der Waals surface area contributed by atoms with Crippen molar-refractivity contribution in [2.24, 2.45) is 0 Å². The van der Waals surface area contributed by atoms with Gasteiger partial charge in [0.05, 0.1) is 4.88 Å². The topological polar surface area (TPSA) is 12.9 Å². The maximum absolute atomic E-state index is 5.29. The molecule has 2 rings (SSSR count). The lowest BCUT2D eigenvalue weighted by atomic mass is 10.1. The van der Waals surface area contributed by atoms with Gasteiger partial charge in [0.2, 0.25) is 0 Å². The second kappa shape index (κ2) is 3.42. The van der Waals surface area contributed by atoms with Crippen LogP contribution in [0.3, 0.4) is 0 Å². The van der Waals surface area contributed by atoms with Crippen molar-refractivity contribution < 1.29 is 0 Å². The van der Waals surface area contributed by atoms with Crippen molar-refractivity contribution >= 4 is 11.3 Å². The molecular weight excluding hydrogens is 178 g/mol. The Hall–Kier alpha value is -1.59. The van der Waals surface area contributed by atoms with Gasteiger partial charge >= 0.3 is 0 Å². The van der Waals surface area contributed by atoms with Gasteiger partial charge in [-0.05, 0) is 34.7 Å². The molecule has 2 heterocycles. The van der Waals surface area contributed by atoms with Crippen LogP contribution in [0, 0.1) is 12.3 Å². The Balaban J connectivity index is 2.43. The zero-order chi connectivity index (χ0) is 9.10. The highest BCUT2D eigenvalue weighted by Gasteiger charge is 1.99. The molecule has 0 aliphatic rings. The van der Waals surface area contributed by atoms with Crippen LogP contribution in [-0.2, 0) is 0 Å². The Labute approximate surface area is 81.1 Å². The molecule has 0 saturated carbocycles. The van der Waals surface area contributed by atoms with Gasteiger partial charge in [0.25, 0.3) is 0 Å². The van der Waals surface area contributed by atoms with Crippen LogP contribution in [-0.4, -0.2) is 4.98 Å². The molecule has 0 unspecified atom stereocenters. The van der Waals surface area contributed by atoms with Gasteiger partial charge in [-0.15, -0.1) is 17.8 Å². The highest BCUT2D eigenvalue weighted by atomic mass is 32.1. The molecular formula is C11H7NS. The normalized spacial score (nSPS) is 9.46. The van der Waals surface area contributed by atoms with Crippen molar-refractivity contribution in [2.45, 2.75) is 0 Å². The number of terminal acetylenes is 1. The summed E-state index contributed by atoms with van der Waals surface area (Å²) in [6.45, 7) is 0. The van der Waals surface area contributed by atoms with E-state index in [4.69, 9.17) is 6.42 Å². The van der Waals surface area contributed by atoms with Gasteiger partial charge in [0.1, 0.15) is 0 Å². The maximum atomic E-state index is 5.29. The van der Waals surface area contributed by atoms with Crippen LogP contribution in [0.4, 0.5) is 0 Å². The average molecular weight is 185 g/mol. The lowest BCUT2D eigenvalue weighted by Gasteiger charge is -1.93. The van der Waals surface area contributed by atoms with Gasteiger partial charge in [0, 0.05) is 12.4 Å². The molecule has 2 aromatic heterocycles. The molecule has 0 spiro atoms. The standard InChI is InChI=1S/C11H7NS/c1-2-11-7-10(8-13-11)9-3-5-12-6-4-9/h1,3-8H. The maximum Gasteiger partial charge on any atom is 0.0772 e. The Morgan fingerprint density at radius 2 is 2.00 bits per heavy atom. The number of rotatable bonds is 1.